The van der Waals surface area contributed by atoms with Crippen molar-refractivity contribution in [1.29, 1.82) is 0 Å². The number of benzene rings is 2. The molecule has 0 saturated heterocycles. The van der Waals surface area contributed by atoms with Gasteiger partial charge in [0.1, 0.15) is 17.5 Å². The Kier molecular flexibility index (Phi) is 11.3. The van der Waals surface area contributed by atoms with E-state index in [-0.39, 0.29) is 18.0 Å². The highest BCUT2D eigenvalue weighted by atomic mass is 16.5. The number of nitrogens with zero attached hydrogens (tertiary/aromatic N) is 2. The molecule has 3 rings (SSSR count). The minimum Gasteiger partial charge on any atom is -0.496 e. The minimum absolute atomic E-state index is 0.0751. The third kappa shape index (κ3) is 7.94. The maximum atomic E-state index is 13.5. The molecule has 9 heteroatoms. The van der Waals surface area contributed by atoms with E-state index in [0.29, 0.717) is 54.5 Å². The summed E-state index contributed by atoms with van der Waals surface area (Å²) in [6.45, 7) is 6.47. The number of rotatable bonds is 15. The quantitative estimate of drug-likeness (QED) is 0.291. The summed E-state index contributed by atoms with van der Waals surface area (Å²) in [7, 11) is 3.17. The Balaban J connectivity index is 1.93. The molecule has 0 aliphatic carbocycles. The van der Waals surface area contributed by atoms with Gasteiger partial charge in [0.25, 0.3) is 5.91 Å². The zero-order valence-corrected chi connectivity index (χ0v) is 24.0. The first-order chi connectivity index (χ1) is 19.3. The van der Waals surface area contributed by atoms with Crippen LogP contribution < -0.4 is 20.1 Å². The number of ketones is 1. The molecule has 1 aromatic heterocycles. The topological polar surface area (TPSA) is 112 Å². The number of aryl methyl sites for hydroxylation is 1. The molecule has 0 saturated carbocycles. The summed E-state index contributed by atoms with van der Waals surface area (Å²) in [6.07, 6.45) is 2.20. The van der Waals surface area contributed by atoms with Crippen molar-refractivity contribution >= 4 is 17.6 Å². The molecule has 0 aliphatic heterocycles. The van der Waals surface area contributed by atoms with Crippen LogP contribution in [-0.4, -0.2) is 54.2 Å². The minimum atomic E-state index is -0.846. The van der Waals surface area contributed by atoms with E-state index in [0.717, 1.165) is 12.0 Å². The molecule has 2 amide bonds. The van der Waals surface area contributed by atoms with Crippen molar-refractivity contribution in [3.8, 4) is 22.8 Å². The van der Waals surface area contributed by atoms with Gasteiger partial charge in [-0.25, -0.2) is 0 Å². The van der Waals surface area contributed by atoms with Crippen molar-refractivity contribution in [3.05, 3.63) is 65.9 Å². The number of Topliss-reactive ketones (excluding diaryl/α,β-unsaturated/α-hetero) is 1. The van der Waals surface area contributed by atoms with Gasteiger partial charge in [-0.15, -0.1) is 0 Å². The van der Waals surface area contributed by atoms with E-state index < -0.39 is 17.9 Å². The predicted molar refractivity (Wildman–Crippen MR) is 155 cm³/mol. The molecular weight excluding hydrogens is 508 g/mol. The Morgan fingerprint density at radius 2 is 1.65 bits per heavy atom. The van der Waals surface area contributed by atoms with Crippen molar-refractivity contribution in [2.24, 2.45) is 5.92 Å². The molecule has 0 spiro atoms. The first-order valence-electron chi connectivity index (χ1n) is 13.7. The Morgan fingerprint density at radius 3 is 2.25 bits per heavy atom. The van der Waals surface area contributed by atoms with Gasteiger partial charge in [0, 0.05) is 13.0 Å². The van der Waals surface area contributed by atoms with E-state index in [2.05, 4.69) is 29.6 Å². The van der Waals surface area contributed by atoms with Crippen molar-refractivity contribution in [2.75, 3.05) is 20.8 Å². The highest BCUT2D eigenvalue weighted by Crippen LogP contribution is 2.39. The first-order valence-corrected chi connectivity index (χ1v) is 13.7. The van der Waals surface area contributed by atoms with Crippen LogP contribution in [0.1, 0.15) is 56.1 Å². The van der Waals surface area contributed by atoms with Gasteiger partial charge in [-0.3, -0.25) is 19.1 Å². The molecule has 9 nitrogen and oxygen atoms in total. The van der Waals surface area contributed by atoms with E-state index in [1.165, 1.54) is 0 Å². The normalized spacial score (nSPS) is 12.3. The lowest BCUT2D eigenvalue weighted by molar-refractivity contribution is -0.126. The summed E-state index contributed by atoms with van der Waals surface area (Å²) in [5.41, 5.74) is 2.59. The van der Waals surface area contributed by atoms with Crippen molar-refractivity contribution < 1.29 is 23.9 Å². The highest BCUT2D eigenvalue weighted by Gasteiger charge is 2.26. The van der Waals surface area contributed by atoms with Crippen LogP contribution >= 0.6 is 0 Å². The second kappa shape index (κ2) is 14.9. The molecule has 1 heterocycles. The number of carbonyl (C=O) groups is 3. The number of hydrogen-bond acceptors (Lipinski definition) is 6. The molecule has 214 valence electrons. The van der Waals surface area contributed by atoms with Gasteiger partial charge in [-0.2, -0.15) is 5.10 Å². The number of amides is 2. The van der Waals surface area contributed by atoms with Gasteiger partial charge in [-0.05, 0) is 42.5 Å². The van der Waals surface area contributed by atoms with E-state index in [1.807, 2.05) is 48.5 Å². The number of hydrogen-bond donors (Lipinski definition) is 2. The van der Waals surface area contributed by atoms with Crippen LogP contribution in [0.2, 0.25) is 0 Å². The smallest absolute Gasteiger partial charge is 0.272 e. The summed E-state index contributed by atoms with van der Waals surface area (Å²) in [6, 6.07) is 16.1. The summed E-state index contributed by atoms with van der Waals surface area (Å²) < 4.78 is 13.0. The lowest BCUT2D eigenvalue weighted by Crippen LogP contribution is -2.48. The third-order valence-electron chi connectivity index (χ3n) is 6.92. The van der Waals surface area contributed by atoms with Crippen LogP contribution in [0.25, 0.3) is 11.3 Å². The van der Waals surface area contributed by atoms with Gasteiger partial charge in [-0.1, -0.05) is 63.6 Å². The number of nitrogens with one attached hydrogen (secondary N) is 2. The Labute approximate surface area is 236 Å². The van der Waals surface area contributed by atoms with Gasteiger partial charge in [0.05, 0.1) is 32.0 Å². The second-order valence-electron chi connectivity index (χ2n) is 9.81. The molecule has 1 unspecified atom stereocenters. The van der Waals surface area contributed by atoms with Crippen LogP contribution in [-0.2, 0) is 22.6 Å². The van der Waals surface area contributed by atoms with Crippen LogP contribution in [0.5, 0.6) is 11.5 Å². The third-order valence-corrected chi connectivity index (χ3v) is 6.92. The molecule has 2 atom stereocenters. The number of methoxy groups -OCH3 is 2. The molecule has 2 N–H and O–H groups in total. The molecule has 0 radical (unpaired) electrons. The van der Waals surface area contributed by atoms with Gasteiger partial charge < -0.3 is 20.1 Å². The fourth-order valence-electron chi connectivity index (χ4n) is 4.29. The fourth-order valence-corrected chi connectivity index (χ4v) is 4.29. The number of ether oxygens (including phenoxy) is 2. The maximum Gasteiger partial charge on any atom is 0.272 e. The predicted octanol–water partition coefficient (Wildman–Crippen LogP) is 4.44. The SMILES string of the molecule is CCC(=O)CNC(=O)[C@H](CCc1ccccc1)NC(=O)c1cc(-c2c(OC)cccc2OC)n(CC(C)CC)n1. The zero-order chi connectivity index (χ0) is 29.1. The lowest BCUT2D eigenvalue weighted by Gasteiger charge is -2.18. The number of carbonyl (C=O) groups excluding carboxylic acids is 3. The van der Waals surface area contributed by atoms with Crippen LogP contribution in [0.15, 0.2) is 54.6 Å². The molecule has 2 aromatic carbocycles. The standard InChI is InChI=1S/C31H40N4O5/c1-6-21(3)20-35-26(29-27(39-4)14-11-15-28(29)40-5)18-25(34-35)31(38)33-24(30(37)32-19-23(36)7-2)17-16-22-12-9-8-10-13-22/h8-15,18,21,24H,6-7,16-17,19-20H2,1-5H3,(H,32,37)(H,33,38)/t21?,24-/m0/s1. The molecule has 0 aliphatic rings. The van der Waals surface area contributed by atoms with Crippen molar-refractivity contribution in [3.63, 3.8) is 0 Å². The summed E-state index contributed by atoms with van der Waals surface area (Å²) in [5.74, 6) is 0.524. The molecule has 40 heavy (non-hydrogen) atoms. The van der Waals surface area contributed by atoms with E-state index >= 15 is 0 Å². The second-order valence-corrected chi connectivity index (χ2v) is 9.81. The van der Waals surface area contributed by atoms with Gasteiger partial charge in [0.15, 0.2) is 11.5 Å². The monoisotopic (exact) mass is 548 g/mol. The summed E-state index contributed by atoms with van der Waals surface area (Å²) in [5, 5.41) is 10.2. The van der Waals surface area contributed by atoms with Crippen molar-refractivity contribution in [2.45, 2.75) is 59.0 Å². The Bertz CT molecular complexity index is 1270. The van der Waals surface area contributed by atoms with Crippen molar-refractivity contribution in [1.82, 2.24) is 20.4 Å². The zero-order valence-electron chi connectivity index (χ0n) is 24.0. The van der Waals surface area contributed by atoms with Gasteiger partial charge >= 0.3 is 0 Å². The largest absolute Gasteiger partial charge is 0.496 e. The van der Waals surface area contributed by atoms with Gasteiger partial charge in [0.2, 0.25) is 5.91 Å². The summed E-state index contributed by atoms with van der Waals surface area (Å²) in [4.78, 5) is 38.4. The molecule has 0 fully saturated rings. The molecular formula is C31H40N4O5. The lowest BCUT2D eigenvalue weighted by atomic mass is 10.0. The Morgan fingerprint density at radius 1 is 0.975 bits per heavy atom. The summed E-state index contributed by atoms with van der Waals surface area (Å²) >= 11 is 0. The maximum absolute atomic E-state index is 13.5. The van der Waals surface area contributed by atoms with E-state index in [1.54, 1.807) is 31.9 Å². The van der Waals surface area contributed by atoms with Crippen LogP contribution in [0, 0.1) is 5.92 Å². The average Bonchev–Trinajstić information content (AvgIpc) is 3.40. The fraction of sp³-hybridized carbons (Fsp3) is 0.419. The molecule has 0 bridgehead atoms. The average molecular weight is 549 g/mol. The number of aromatic nitrogens is 2. The Hall–Kier alpha value is -4.14. The van der Waals surface area contributed by atoms with E-state index in [9.17, 15) is 14.4 Å². The highest BCUT2D eigenvalue weighted by molar-refractivity contribution is 5.98. The van der Waals surface area contributed by atoms with E-state index in [4.69, 9.17) is 9.47 Å². The first kappa shape index (κ1) is 30.4. The van der Waals surface area contributed by atoms with Crippen LogP contribution in [0.3, 0.4) is 0 Å². The van der Waals surface area contributed by atoms with Crippen LogP contribution in [0.4, 0.5) is 0 Å². The molecule has 3 aromatic rings.